The van der Waals surface area contributed by atoms with Gasteiger partial charge in [0.05, 0.1) is 6.42 Å². The zero-order valence-electron chi connectivity index (χ0n) is 12.8. The van der Waals surface area contributed by atoms with Gasteiger partial charge in [-0.3, -0.25) is 4.90 Å². The molecule has 4 nitrogen and oxygen atoms in total. The summed E-state index contributed by atoms with van der Waals surface area (Å²) >= 11 is 0. The van der Waals surface area contributed by atoms with E-state index in [4.69, 9.17) is 0 Å². The molecule has 1 fully saturated rings. The van der Waals surface area contributed by atoms with Gasteiger partial charge in [0.1, 0.15) is 0 Å². The summed E-state index contributed by atoms with van der Waals surface area (Å²) in [6.07, 6.45) is -9.20. The van der Waals surface area contributed by atoms with Crippen LogP contribution >= 0.6 is 24.8 Å². The fraction of sp³-hybridized carbons (Fsp3) is 0.571. The molecule has 11 heteroatoms. The largest absolute Gasteiger partial charge is 0.586 e. The number of hydrogen-bond acceptors (Lipinski definition) is 4. The second kappa shape index (κ2) is 8.11. The summed E-state index contributed by atoms with van der Waals surface area (Å²) in [7, 11) is 0. The molecule has 2 aliphatic heterocycles. The highest BCUT2D eigenvalue weighted by Crippen LogP contribution is 2.44. The fourth-order valence-electron chi connectivity index (χ4n) is 2.84. The van der Waals surface area contributed by atoms with Crippen LogP contribution in [-0.4, -0.2) is 43.5 Å². The van der Waals surface area contributed by atoms with Crippen molar-refractivity contribution < 1.29 is 31.4 Å². The van der Waals surface area contributed by atoms with Crippen molar-refractivity contribution in [3.63, 3.8) is 0 Å². The van der Waals surface area contributed by atoms with Crippen molar-refractivity contribution >= 4 is 24.8 Å². The second-order valence-electron chi connectivity index (χ2n) is 5.49. The summed E-state index contributed by atoms with van der Waals surface area (Å²) in [5.74, 6) is -0.417. The van der Waals surface area contributed by atoms with Crippen molar-refractivity contribution in [2.45, 2.75) is 24.9 Å². The average molecular weight is 411 g/mol. The van der Waals surface area contributed by atoms with Crippen LogP contribution in [0.15, 0.2) is 18.2 Å². The molecule has 0 amide bonds. The van der Waals surface area contributed by atoms with Gasteiger partial charge in [-0.1, -0.05) is 6.07 Å². The van der Waals surface area contributed by atoms with E-state index < -0.39 is 24.9 Å². The zero-order chi connectivity index (χ0) is 16.7. The molecule has 0 aliphatic carbocycles. The third-order valence-electron chi connectivity index (χ3n) is 3.83. The van der Waals surface area contributed by atoms with E-state index in [0.717, 1.165) is 0 Å². The van der Waals surface area contributed by atoms with E-state index in [9.17, 15) is 22.0 Å². The molecule has 0 radical (unpaired) electrons. The van der Waals surface area contributed by atoms with Crippen molar-refractivity contribution in [1.82, 2.24) is 10.2 Å². The smallest absolute Gasteiger partial charge is 0.395 e. The van der Waals surface area contributed by atoms with Crippen LogP contribution in [0.25, 0.3) is 0 Å². The third kappa shape index (κ3) is 5.47. The summed E-state index contributed by atoms with van der Waals surface area (Å²) in [4.78, 5) is 1.69. The average Bonchev–Trinajstić information content (AvgIpc) is 2.77. The lowest BCUT2D eigenvalue weighted by atomic mass is 10.00. The molecule has 0 spiro atoms. The van der Waals surface area contributed by atoms with Crippen LogP contribution in [0.2, 0.25) is 0 Å². The molecule has 0 aromatic heterocycles. The normalized spacial score (nSPS) is 20.4. The molecule has 1 aromatic rings. The van der Waals surface area contributed by atoms with E-state index in [0.29, 0.717) is 26.2 Å². The highest BCUT2D eigenvalue weighted by molar-refractivity contribution is 5.85. The first-order chi connectivity index (χ1) is 10.7. The van der Waals surface area contributed by atoms with Gasteiger partial charge in [-0.05, 0) is 17.7 Å². The van der Waals surface area contributed by atoms with E-state index >= 15 is 0 Å². The fourth-order valence-corrected chi connectivity index (χ4v) is 2.84. The SMILES string of the molecule is Cl.Cl.FC(F)(F)C[C@H](c1ccc2c(c1)OC(F)(F)O2)N1CCNCC1. The molecular weight excluding hydrogens is 394 g/mol. The number of piperazine rings is 1. The standard InChI is InChI=1S/C14H15F5N2O2.2ClH/c15-13(16,17)8-10(21-5-3-20-4-6-21)9-1-2-11-12(7-9)23-14(18,19)22-11;;/h1-2,7,10,20H,3-6,8H2;2*1H/t10-;;/m1../s1. The van der Waals surface area contributed by atoms with Gasteiger partial charge < -0.3 is 14.8 Å². The van der Waals surface area contributed by atoms with Gasteiger partial charge in [0.15, 0.2) is 11.5 Å². The van der Waals surface area contributed by atoms with Crippen molar-refractivity contribution in [2.24, 2.45) is 0 Å². The number of ether oxygens (including phenoxy) is 2. The molecule has 25 heavy (non-hydrogen) atoms. The first-order valence-corrected chi connectivity index (χ1v) is 7.15. The number of nitrogens with one attached hydrogen (secondary N) is 1. The lowest BCUT2D eigenvalue weighted by molar-refractivity contribution is -0.286. The number of alkyl halides is 5. The maximum atomic E-state index is 13.1. The molecule has 1 atom stereocenters. The number of nitrogens with zero attached hydrogens (tertiary/aromatic N) is 1. The van der Waals surface area contributed by atoms with E-state index in [1.54, 1.807) is 4.90 Å². The van der Waals surface area contributed by atoms with Crippen LogP contribution in [0.3, 0.4) is 0 Å². The first-order valence-electron chi connectivity index (χ1n) is 7.15. The predicted molar refractivity (Wildman–Crippen MR) is 85.0 cm³/mol. The number of fused-ring (bicyclic) bond motifs is 1. The van der Waals surface area contributed by atoms with Gasteiger partial charge in [0, 0.05) is 32.2 Å². The molecule has 2 aliphatic rings. The summed E-state index contributed by atoms with van der Waals surface area (Å²) in [5.41, 5.74) is 0.282. The van der Waals surface area contributed by atoms with E-state index in [2.05, 4.69) is 14.8 Å². The van der Waals surface area contributed by atoms with Crippen LogP contribution in [0.4, 0.5) is 22.0 Å². The van der Waals surface area contributed by atoms with Gasteiger partial charge in [0.2, 0.25) is 0 Å². The number of halogens is 7. The first kappa shape index (κ1) is 22.0. The number of benzene rings is 1. The molecule has 0 unspecified atom stereocenters. The lowest BCUT2D eigenvalue weighted by Crippen LogP contribution is -2.46. The zero-order valence-corrected chi connectivity index (χ0v) is 14.4. The third-order valence-corrected chi connectivity index (χ3v) is 3.83. The van der Waals surface area contributed by atoms with Crippen LogP contribution < -0.4 is 14.8 Å². The maximum absolute atomic E-state index is 13.1. The predicted octanol–water partition coefficient (Wildman–Crippen LogP) is 3.75. The molecule has 2 heterocycles. The Kier molecular flexibility index (Phi) is 7.14. The van der Waals surface area contributed by atoms with E-state index in [1.807, 2.05) is 0 Å². The monoisotopic (exact) mass is 410 g/mol. The summed E-state index contributed by atoms with van der Waals surface area (Å²) in [5, 5.41) is 3.07. The maximum Gasteiger partial charge on any atom is 0.586 e. The lowest BCUT2D eigenvalue weighted by Gasteiger charge is -2.35. The minimum atomic E-state index is -4.37. The van der Waals surface area contributed by atoms with Gasteiger partial charge >= 0.3 is 12.5 Å². The molecule has 1 saturated heterocycles. The van der Waals surface area contributed by atoms with Crippen molar-refractivity contribution in [1.29, 1.82) is 0 Å². The summed E-state index contributed by atoms with van der Waals surface area (Å²) in [6, 6.07) is 2.86. The molecular formula is C14H17Cl2F5N2O2. The Hall–Kier alpha value is -1.03. The minimum absolute atomic E-state index is 0. The van der Waals surface area contributed by atoms with Gasteiger partial charge in [-0.2, -0.15) is 13.2 Å². The van der Waals surface area contributed by atoms with Crippen molar-refractivity contribution in [2.75, 3.05) is 26.2 Å². The minimum Gasteiger partial charge on any atom is -0.395 e. The Morgan fingerprint density at radius 3 is 2.28 bits per heavy atom. The Morgan fingerprint density at radius 1 is 1.08 bits per heavy atom. The topological polar surface area (TPSA) is 33.7 Å². The Balaban J connectivity index is 0.00000156. The van der Waals surface area contributed by atoms with Crippen LogP contribution in [0.5, 0.6) is 11.5 Å². The summed E-state index contributed by atoms with van der Waals surface area (Å²) < 4.78 is 73.5. The summed E-state index contributed by atoms with van der Waals surface area (Å²) in [6.45, 7) is 2.06. The second-order valence-corrected chi connectivity index (χ2v) is 5.49. The number of rotatable bonds is 3. The molecule has 0 saturated carbocycles. The molecule has 1 aromatic carbocycles. The van der Waals surface area contributed by atoms with Gasteiger partial charge in [-0.15, -0.1) is 33.6 Å². The molecule has 0 bridgehead atoms. The van der Waals surface area contributed by atoms with Crippen LogP contribution in [0.1, 0.15) is 18.0 Å². The Morgan fingerprint density at radius 2 is 1.68 bits per heavy atom. The van der Waals surface area contributed by atoms with E-state index in [-0.39, 0.29) is 41.9 Å². The van der Waals surface area contributed by atoms with Crippen molar-refractivity contribution in [3.05, 3.63) is 23.8 Å². The number of hydrogen-bond donors (Lipinski definition) is 1. The highest BCUT2D eigenvalue weighted by Gasteiger charge is 2.44. The quantitative estimate of drug-likeness (QED) is 0.769. The van der Waals surface area contributed by atoms with Crippen LogP contribution in [-0.2, 0) is 0 Å². The Labute approximate surface area is 153 Å². The van der Waals surface area contributed by atoms with Gasteiger partial charge in [-0.25, -0.2) is 0 Å². The molecule has 3 rings (SSSR count). The highest BCUT2D eigenvalue weighted by atomic mass is 35.5. The van der Waals surface area contributed by atoms with E-state index in [1.165, 1.54) is 18.2 Å². The van der Waals surface area contributed by atoms with Crippen LogP contribution in [0, 0.1) is 0 Å². The molecule has 1 N–H and O–H groups in total. The van der Waals surface area contributed by atoms with Crippen molar-refractivity contribution in [3.8, 4) is 11.5 Å². The molecule has 144 valence electrons. The Bertz CT molecular complexity index is 583. The van der Waals surface area contributed by atoms with Gasteiger partial charge in [0.25, 0.3) is 0 Å².